The number of aliphatic hydroxyl groups is 1. The van der Waals surface area contributed by atoms with Crippen LogP contribution in [0, 0.1) is 34.0 Å². The summed E-state index contributed by atoms with van der Waals surface area (Å²) in [7, 11) is 0. The number of aliphatic hydroxyl groups excluding tert-OH is 1. The Morgan fingerprint density at radius 1 is 1.13 bits per heavy atom. The van der Waals surface area contributed by atoms with Crippen molar-refractivity contribution in [1.29, 1.82) is 0 Å². The van der Waals surface area contributed by atoms with E-state index in [0.29, 0.717) is 30.5 Å². The normalized spacial score (nSPS) is 51.4. The molecule has 0 heterocycles. The number of rotatable bonds is 0. The minimum absolute atomic E-state index is 0.0291. The Balaban J connectivity index is 1.82. The van der Waals surface area contributed by atoms with Crippen LogP contribution in [0.1, 0.15) is 59.3 Å². The van der Waals surface area contributed by atoms with Crippen LogP contribution >= 0.6 is 0 Å². The third kappa shape index (κ3) is 1.70. The van der Waals surface area contributed by atoms with Crippen LogP contribution in [0.15, 0.2) is 12.2 Å². The van der Waals surface area contributed by atoms with Gasteiger partial charge in [0.25, 0.3) is 0 Å². The molecule has 1 spiro atoms. The third-order valence-corrected chi connectivity index (χ3v) is 8.23. The maximum Gasteiger partial charge on any atom is 0.162 e. The van der Waals surface area contributed by atoms with E-state index in [0.717, 1.165) is 25.7 Å². The molecular formula is C20H28O3. The first-order valence-corrected chi connectivity index (χ1v) is 9.05. The summed E-state index contributed by atoms with van der Waals surface area (Å²) in [6, 6.07) is 0. The van der Waals surface area contributed by atoms with E-state index in [2.05, 4.69) is 13.5 Å². The Kier molecular flexibility index (Phi) is 2.95. The highest BCUT2D eigenvalue weighted by atomic mass is 16.3. The van der Waals surface area contributed by atoms with Gasteiger partial charge in [-0.25, -0.2) is 0 Å². The molecule has 0 aromatic heterocycles. The highest BCUT2D eigenvalue weighted by Crippen LogP contribution is 2.70. The summed E-state index contributed by atoms with van der Waals surface area (Å²) in [5.74, 6) is 1.29. The van der Waals surface area contributed by atoms with Gasteiger partial charge in [0, 0.05) is 23.7 Å². The number of carbonyl (C=O) groups is 2. The summed E-state index contributed by atoms with van der Waals surface area (Å²) in [6.45, 7) is 10.5. The number of ketones is 2. The average molecular weight is 316 g/mol. The van der Waals surface area contributed by atoms with Crippen LogP contribution in [-0.4, -0.2) is 22.8 Å². The van der Waals surface area contributed by atoms with Crippen molar-refractivity contribution < 1.29 is 14.7 Å². The Labute approximate surface area is 138 Å². The molecule has 23 heavy (non-hydrogen) atoms. The number of hydrogen-bond acceptors (Lipinski definition) is 3. The summed E-state index contributed by atoms with van der Waals surface area (Å²) >= 11 is 0. The van der Waals surface area contributed by atoms with Gasteiger partial charge in [-0.05, 0) is 48.9 Å². The van der Waals surface area contributed by atoms with Gasteiger partial charge in [0.15, 0.2) is 5.78 Å². The molecule has 3 nitrogen and oxygen atoms in total. The maximum absolute atomic E-state index is 12.9. The van der Waals surface area contributed by atoms with E-state index in [9.17, 15) is 14.7 Å². The summed E-state index contributed by atoms with van der Waals surface area (Å²) < 4.78 is 0. The van der Waals surface area contributed by atoms with Crippen molar-refractivity contribution in [3.05, 3.63) is 12.2 Å². The molecule has 0 aromatic carbocycles. The molecule has 0 aromatic rings. The molecule has 0 aliphatic heterocycles. The summed E-state index contributed by atoms with van der Waals surface area (Å²) in [4.78, 5) is 25.4. The first kappa shape index (κ1) is 15.6. The standard InChI is InChI=1S/C20H28O3/c1-11-9-20-6-5-14-18(2,3)17(23)13(21)10-19(14,4)15(20)7-12(11)8-16(20)22/h12,14-15,17,23H,1,5-10H2,2-4H3/t12-,14-,15+,17-,19-,20+/m1/s1. The van der Waals surface area contributed by atoms with E-state index in [4.69, 9.17) is 0 Å². The van der Waals surface area contributed by atoms with Crippen LogP contribution in [-0.2, 0) is 9.59 Å². The molecule has 6 atom stereocenters. The molecule has 5 rings (SSSR count). The Bertz CT molecular complexity index is 618. The molecular weight excluding hydrogens is 288 g/mol. The fourth-order valence-corrected chi connectivity index (χ4v) is 7.12. The Morgan fingerprint density at radius 2 is 1.83 bits per heavy atom. The van der Waals surface area contributed by atoms with E-state index in [-0.39, 0.29) is 22.5 Å². The summed E-state index contributed by atoms with van der Waals surface area (Å²) in [6.07, 6.45) is 3.93. The van der Waals surface area contributed by atoms with E-state index in [1.807, 2.05) is 13.8 Å². The number of fused-ring (bicyclic) bond motifs is 3. The van der Waals surface area contributed by atoms with E-state index >= 15 is 0 Å². The number of hydrogen-bond donors (Lipinski definition) is 1. The van der Waals surface area contributed by atoms with Gasteiger partial charge in [0.05, 0.1) is 0 Å². The molecule has 5 saturated carbocycles. The molecule has 5 aliphatic rings. The molecule has 0 unspecified atom stereocenters. The number of carbonyl (C=O) groups excluding carboxylic acids is 2. The monoisotopic (exact) mass is 316 g/mol. The second-order valence-corrected chi connectivity index (χ2v) is 9.57. The maximum atomic E-state index is 12.9. The smallest absolute Gasteiger partial charge is 0.162 e. The summed E-state index contributed by atoms with van der Waals surface area (Å²) in [5, 5.41) is 10.4. The number of Topliss-reactive ketones (excluding diaryl/α,β-unsaturated/α-hetero) is 2. The highest BCUT2D eigenvalue weighted by Gasteiger charge is 2.68. The van der Waals surface area contributed by atoms with E-state index < -0.39 is 11.5 Å². The zero-order valence-corrected chi connectivity index (χ0v) is 14.5. The van der Waals surface area contributed by atoms with Crippen molar-refractivity contribution in [2.45, 2.75) is 65.4 Å². The zero-order chi connectivity index (χ0) is 16.8. The van der Waals surface area contributed by atoms with Crippen LogP contribution in [0.2, 0.25) is 0 Å². The van der Waals surface area contributed by atoms with Crippen molar-refractivity contribution >= 4 is 11.6 Å². The first-order chi connectivity index (χ1) is 10.6. The van der Waals surface area contributed by atoms with Crippen LogP contribution in [0.3, 0.4) is 0 Å². The predicted molar refractivity (Wildman–Crippen MR) is 87.7 cm³/mol. The molecule has 0 saturated heterocycles. The molecule has 2 bridgehead atoms. The summed E-state index contributed by atoms with van der Waals surface area (Å²) in [5.41, 5.74) is 0.426. The lowest BCUT2D eigenvalue weighted by Crippen LogP contribution is -2.66. The van der Waals surface area contributed by atoms with Gasteiger partial charge in [-0.2, -0.15) is 0 Å². The van der Waals surface area contributed by atoms with Crippen molar-refractivity contribution in [3.63, 3.8) is 0 Å². The van der Waals surface area contributed by atoms with Crippen LogP contribution in [0.5, 0.6) is 0 Å². The second-order valence-electron chi connectivity index (χ2n) is 9.57. The molecule has 0 amide bonds. The fourth-order valence-electron chi connectivity index (χ4n) is 7.12. The lowest BCUT2D eigenvalue weighted by Gasteiger charge is -2.67. The predicted octanol–water partition coefficient (Wildman–Crippen LogP) is 3.30. The average Bonchev–Trinajstić information content (AvgIpc) is 2.45. The lowest BCUT2D eigenvalue weighted by molar-refractivity contribution is -0.197. The van der Waals surface area contributed by atoms with Gasteiger partial charge >= 0.3 is 0 Å². The first-order valence-electron chi connectivity index (χ1n) is 9.05. The number of allylic oxidation sites excluding steroid dienone is 1. The van der Waals surface area contributed by atoms with Crippen molar-refractivity contribution in [2.24, 2.45) is 34.0 Å². The molecule has 5 fully saturated rings. The molecule has 126 valence electrons. The minimum Gasteiger partial charge on any atom is -0.385 e. The van der Waals surface area contributed by atoms with Crippen LogP contribution in [0.4, 0.5) is 0 Å². The molecule has 0 radical (unpaired) electrons. The minimum atomic E-state index is -0.860. The topological polar surface area (TPSA) is 54.4 Å². The second kappa shape index (κ2) is 4.36. The Morgan fingerprint density at radius 3 is 2.52 bits per heavy atom. The van der Waals surface area contributed by atoms with E-state index in [1.165, 1.54) is 5.57 Å². The van der Waals surface area contributed by atoms with Gasteiger partial charge < -0.3 is 5.11 Å². The lowest BCUT2D eigenvalue weighted by atomic mass is 9.36. The van der Waals surface area contributed by atoms with Crippen molar-refractivity contribution in [3.8, 4) is 0 Å². The van der Waals surface area contributed by atoms with Crippen LogP contribution in [0.25, 0.3) is 0 Å². The van der Waals surface area contributed by atoms with Gasteiger partial charge in [-0.1, -0.05) is 32.9 Å². The van der Waals surface area contributed by atoms with Gasteiger partial charge in [-0.15, -0.1) is 0 Å². The Hall–Kier alpha value is -0.960. The quantitative estimate of drug-likeness (QED) is 0.698. The molecule has 1 N–H and O–H groups in total. The highest BCUT2D eigenvalue weighted by molar-refractivity contribution is 5.90. The fraction of sp³-hybridized carbons (Fsp3) is 0.800. The zero-order valence-electron chi connectivity index (χ0n) is 14.5. The van der Waals surface area contributed by atoms with Gasteiger partial charge in [0.2, 0.25) is 0 Å². The molecule has 5 aliphatic carbocycles. The molecule has 3 heteroatoms. The largest absolute Gasteiger partial charge is 0.385 e. The SMILES string of the molecule is C=C1C[C@@]23CC[C@@H]4C(C)(C)[C@H](O)C(=O)C[C@@]4(C)[C@@H]2C[C@@H]1CC3=O. The van der Waals surface area contributed by atoms with Crippen molar-refractivity contribution in [1.82, 2.24) is 0 Å². The van der Waals surface area contributed by atoms with Crippen LogP contribution < -0.4 is 0 Å². The third-order valence-electron chi connectivity index (χ3n) is 8.23. The van der Waals surface area contributed by atoms with Gasteiger partial charge in [0.1, 0.15) is 11.9 Å². The van der Waals surface area contributed by atoms with E-state index in [1.54, 1.807) is 0 Å². The van der Waals surface area contributed by atoms with Crippen molar-refractivity contribution in [2.75, 3.05) is 0 Å². The van der Waals surface area contributed by atoms with Gasteiger partial charge in [-0.3, -0.25) is 9.59 Å².